The van der Waals surface area contributed by atoms with Crippen LogP contribution >= 0.6 is 0 Å². The van der Waals surface area contributed by atoms with Crippen molar-refractivity contribution in [3.63, 3.8) is 0 Å². The molecule has 0 atom stereocenters. The molecule has 0 rings (SSSR count). The van der Waals surface area contributed by atoms with Gasteiger partial charge < -0.3 is 15.0 Å². The lowest BCUT2D eigenvalue weighted by Crippen LogP contribution is -2.32. The lowest BCUT2D eigenvalue weighted by Gasteiger charge is -2.17. The van der Waals surface area contributed by atoms with Crippen LogP contribution < -0.4 is 5.32 Å². The lowest BCUT2D eigenvalue weighted by molar-refractivity contribution is -0.173. The molecule has 0 saturated heterocycles. The van der Waals surface area contributed by atoms with Crippen LogP contribution in [0, 0.1) is 0 Å². The fourth-order valence-corrected chi connectivity index (χ4v) is 1.39. The second kappa shape index (κ2) is 9.67. The van der Waals surface area contributed by atoms with Crippen LogP contribution in [0.5, 0.6) is 0 Å². The van der Waals surface area contributed by atoms with Gasteiger partial charge in [0.2, 0.25) is 0 Å². The molecule has 0 aromatic carbocycles. The van der Waals surface area contributed by atoms with Gasteiger partial charge in [0.15, 0.2) is 0 Å². The summed E-state index contributed by atoms with van der Waals surface area (Å²) in [4.78, 5) is 2.28. The summed E-state index contributed by atoms with van der Waals surface area (Å²) in [7, 11) is 0. The van der Waals surface area contributed by atoms with E-state index in [1.807, 2.05) is 0 Å². The van der Waals surface area contributed by atoms with Crippen LogP contribution in [0.2, 0.25) is 0 Å². The Labute approximate surface area is 101 Å². The Morgan fingerprint density at radius 2 is 1.76 bits per heavy atom. The summed E-state index contributed by atoms with van der Waals surface area (Å²) in [5.41, 5.74) is 0. The maximum Gasteiger partial charge on any atom is 0.411 e. The number of hydrogen-bond donors (Lipinski definition) is 1. The van der Waals surface area contributed by atoms with E-state index in [4.69, 9.17) is 0 Å². The van der Waals surface area contributed by atoms with E-state index in [1.165, 1.54) is 0 Å². The number of nitrogens with zero attached hydrogens (tertiary/aromatic N) is 1. The van der Waals surface area contributed by atoms with Crippen molar-refractivity contribution in [1.29, 1.82) is 0 Å². The Bertz CT molecular complexity index is 173. The maximum absolute atomic E-state index is 11.7. The molecule has 0 bridgehead atoms. The molecule has 0 aliphatic rings. The average molecular weight is 256 g/mol. The molecule has 0 saturated carbocycles. The van der Waals surface area contributed by atoms with Gasteiger partial charge in [-0.3, -0.25) is 0 Å². The van der Waals surface area contributed by atoms with Crippen molar-refractivity contribution in [2.75, 3.05) is 45.9 Å². The van der Waals surface area contributed by atoms with Crippen LogP contribution in [0.3, 0.4) is 0 Å². The van der Waals surface area contributed by atoms with E-state index >= 15 is 0 Å². The zero-order chi connectivity index (χ0) is 13.1. The molecule has 0 aromatic heterocycles. The fourth-order valence-electron chi connectivity index (χ4n) is 1.39. The van der Waals surface area contributed by atoms with Crippen LogP contribution in [-0.4, -0.2) is 57.0 Å². The quantitative estimate of drug-likeness (QED) is 0.604. The molecule has 3 nitrogen and oxygen atoms in total. The smallest absolute Gasteiger partial charge is 0.372 e. The standard InChI is InChI=1S/C11H23F3N2O/c1-3-16(4-2)8-7-15-6-5-9-17-10-11(12,13)14/h15H,3-10H2,1-2H3. The van der Waals surface area contributed by atoms with E-state index in [1.54, 1.807) is 0 Å². The normalized spacial score (nSPS) is 12.4. The molecule has 0 aliphatic carbocycles. The van der Waals surface area contributed by atoms with Crippen molar-refractivity contribution in [2.45, 2.75) is 26.4 Å². The molecular weight excluding hydrogens is 233 g/mol. The largest absolute Gasteiger partial charge is 0.411 e. The number of halogens is 3. The van der Waals surface area contributed by atoms with Crippen LogP contribution in [0.15, 0.2) is 0 Å². The molecule has 0 amide bonds. The van der Waals surface area contributed by atoms with Gasteiger partial charge in [-0.05, 0) is 26.1 Å². The molecule has 0 radical (unpaired) electrons. The van der Waals surface area contributed by atoms with E-state index in [0.29, 0.717) is 13.0 Å². The minimum absolute atomic E-state index is 0.151. The lowest BCUT2D eigenvalue weighted by atomic mass is 10.4. The van der Waals surface area contributed by atoms with Gasteiger partial charge in [-0.2, -0.15) is 13.2 Å². The van der Waals surface area contributed by atoms with Crippen molar-refractivity contribution < 1.29 is 17.9 Å². The van der Waals surface area contributed by atoms with Gasteiger partial charge in [-0.15, -0.1) is 0 Å². The highest BCUT2D eigenvalue weighted by Crippen LogP contribution is 2.14. The number of likely N-dealkylation sites (N-methyl/N-ethyl adjacent to an activating group) is 1. The molecule has 1 N–H and O–H groups in total. The summed E-state index contributed by atoms with van der Waals surface area (Å²) in [6, 6.07) is 0. The van der Waals surface area contributed by atoms with E-state index in [9.17, 15) is 13.2 Å². The van der Waals surface area contributed by atoms with Crippen molar-refractivity contribution in [2.24, 2.45) is 0 Å². The number of alkyl halides is 3. The number of rotatable bonds is 10. The molecule has 0 fully saturated rings. The molecule has 0 aliphatic heterocycles. The molecule has 17 heavy (non-hydrogen) atoms. The predicted molar refractivity (Wildman–Crippen MR) is 62.1 cm³/mol. The van der Waals surface area contributed by atoms with Crippen molar-refractivity contribution in [3.05, 3.63) is 0 Å². The van der Waals surface area contributed by atoms with Gasteiger partial charge in [0.1, 0.15) is 6.61 Å². The van der Waals surface area contributed by atoms with Crippen molar-refractivity contribution in [1.82, 2.24) is 10.2 Å². The van der Waals surface area contributed by atoms with Gasteiger partial charge in [-0.25, -0.2) is 0 Å². The maximum atomic E-state index is 11.7. The van der Waals surface area contributed by atoms with Crippen LogP contribution in [-0.2, 0) is 4.74 Å². The number of hydrogen-bond acceptors (Lipinski definition) is 3. The molecule has 0 aromatic rings. The molecule has 0 unspecified atom stereocenters. The topological polar surface area (TPSA) is 24.5 Å². The van der Waals surface area contributed by atoms with E-state index in [-0.39, 0.29) is 6.61 Å². The molecule has 6 heteroatoms. The van der Waals surface area contributed by atoms with Crippen LogP contribution in [0.1, 0.15) is 20.3 Å². The van der Waals surface area contributed by atoms with Gasteiger partial charge in [0.25, 0.3) is 0 Å². The first kappa shape index (κ1) is 16.7. The molecular formula is C11H23F3N2O. The van der Waals surface area contributed by atoms with Crippen LogP contribution in [0.25, 0.3) is 0 Å². The molecule has 104 valence electrons. The summed E-state index contributed by atoms with van der Waals surface area (Å²) in [5.74, 6) is 0. The first-order valence-corrected chi connectivity index (χ1v) is 6.07. The molecule has 0 spiro atoms. The monoisotopic (exact) mass is 256 g/mol. The average Bonchev–Trinajstić information content (AvgIpc) is 2.26. The van der Waals surface area contributed by atoms with Gasteiger partial charge in [-0.1, -0.05) is 13.8 Å². The summed E-state index contributed by atoms with van der Waals surface area (Å²) in [6.07, 6.45) is -3.61. The predicted octanol–water partition coefficient (Wildman–Crippen LogP) is 1.89. The summed E-state index contributed by atoms with van der Waals surface area (Å²) in [6.45, 7) is 7.78. The first-order valence-electron chi connectivity index (χ1n) is 6.07. The Balaban J connectivity index is 3.19. The third-order valence-corrected chi connectivity index (χ3v) is 2.41. The highest BCUT2D eigenvalue weighted by molar-refractivity contribution is 4.55. The first-order chi connectivity index (χ1) is 7.99. The zero-order valence-electron chi connectivity index (χ0n) is 10.6. The Hall–Kier alpha value is -0.330. The highest BCUT2D eigenvalue weighted by Gasteiger charge is 2.27. The minimum Gasteiger partial charge on any atom is -0.372 e. The van der Waals surface area contributed by atoms with E-state index < -0.39 is 12.8 Å². The SMILES string of the molecule is CCN(CC)CCNCCCOCC(F)(F)F. The number of ether oxygens (including phenoxy) is 1. The van der Waals surface area contributed by atoms with E-state index in [0.717, 1.165) is 26.2 Å². The third kappa shape index (κ3) is 11.9. The van der Waals surface area contributed by atoms with Crippen LogP contribution in [0.4, 0.5) is 13.2 Å². The molecule has 0 heterocycles. The van der Waals surface area contributed by atoms with Gasteiger partial charge in [0, 0.05) is 19.7 Å². The van der Waals surface area contributed by atoms with Gasteiger partial charge >= 0.3 is 6.18 Å². The Morgan fingerprint density at radius 1 is 1.12 bits per heavy atom. The zero-order valence-corrected chi connectivity index (χ0v) is 10.6. The van der Waals surface area contributed by atoms with Crippen molar-refractivity contribution in [3.8, 4) is 0 Å². The van der Waals surface area contributed by atoms with Crippen molar-refractivity contribution >= 4 is 0 Å². The van der Waals surface area contributed by atoms with Gasteiger partial charge in [0.05, 0.1) is 0 Å². The second-order valence-corrected chi connectivity index (χ2v) is 3.80. The van der Waals surface area contributed by atoms with E-state index in [2.05, 4.69) is 28.8 Å². The number of nitrogens with one attached hydrogen (secondary N) is 1. The fraction of sp³-hybridized carbons (Fsp3) is 1.00. The second-order valence-electron chi connectivity index (χ2n) is 3.80. The Morgan fingerprint density at radius 3 is 2.29 bits per heavy atom. The highest BCUT2D eigenvalue weighted by atomic mass is 19.4. The third-order valence-electron chi connectivity index (χ3n) is 2.41. The summed E-state index contributed by atoms with van der Waals surface area (Å²) in [5, 5.41) is 3.18. The summed E-state index contributed by atoms with van der Waals surface area (Å²) >= 11 is 0. The minimum atomic E-state index is -4.21. The Kier molecular flexibility index (Phi) is 9.49. The summed E-state index contributed by atoms with van der Waals surface area (Å²) < 4.78 is 39.6.